The molecule has 4 heteroatoms. The summed E-state index contributed by atoms with van der Waals surface area (Å²) in [5.41, 5.74) is 2.20. The number of alkyl halides is 1. The highest BCUT2D eigenvalue weighted by atomic mass is 35.5. The van der Waals surface area contributed by atoms with Gasteiger partial charge >= 0.3 is 0 Å². The zero-order chi connectivity index (χ0) is 12.1. The van der Waals surface area contributed by atoms with Gasteiger partial charge in [-0.3, -0.25) is 4.98 Å². The number of hydrogen-bond acceptors (Lipinski definition) is 2. The summed E-state index contributed by atoms with van der Waals surface area (Å²) in [4.78, 5) is 8.80. The van der Waals surface area contributed by atoms with E-state index in [1.54, 1.807) is 0 Å². The number of pyridine rings is 1. The molecule has 94 valence electrons. The second-order valence-electron chi connectivity index (χ2n) is 5.56. The predicted octanol–water partition coefficient (Wildman–Crippen LogP) is 3.53. The highest BCUT2D eigenvalue weighted by molar-refractivity contribution is 6.16. The minimum atomic E-state index is 0.491. The fourth-order valence-corrected chi connectivity index (χ4v) is 3.30. The van der Waals surface area contributed by atoms with Crippen LogP contribution in [0.25, 0.3) is 11.0 Å². The maximum Gasteiger partial charge on any atom is 0.125 e. The minimum Gasteiger partial charge on any atom is -0.323 e. The van der Waals surface area contributed by atoms with Crippen LogP contribution in [0.3, 0.4) is 0 Å². The second kappa shape index (κ2) is 3.95. The summed E-state index contributed by atoms with van der Waals surface area (Å²) in [6.45, 7) is 0. The molecule has 0 amide bonds. The Balaban J connectivity index is 1.90. The number of aromatic nitrogens is 3. The van der Waals surface area contributed by atoms with Crippen molar-refractivity contribution in [3.8, 4) is 0 Å². The monoisotopic (exact) mass is 261 g/mol. The van der Waals surface area contributed by atoms with Gasteiger partial charge in [-0.25, -0.2) is 4.98 Å². The third-order valence-corrected chi connectivity index (χ3v) is 4.43. The van der Waals surface area contributed by atoms with Crippen molar-refractivity contribution in [3.05, 3.63) is 24.3 Å². The van der Waals surface area contributed by atoms with Crippen molar-refractivity contribution < 1.29 is 0 Å². The van der Waals surface area contributed by atoms with Crippen molar-refractivity contribution in [3.63, 3.8) is 0 Å². The standard InChI is InChI=1S/C14H16ClN3/c15-7-13-17-11-8-16-6-5-12(11)18(13)14(9-1-2-9)10-3-4-10/h5-6,8-10,14H,1-4,7H2. The van der Waals surface area contributed by atoms with E-state index in [1.807, 2.05) is 12.4 Å². The molecule has 2 aromatic rings. The first-order valence-electron chi connectivity index (χ1n) is 6.75. The molecule has 0 saturated heterocycles. The van der Waals surface area contributed by atoms with Crippen LogP contribution in [0.5, 0.6) is 0 Å². The van der Waals surface area contributed by atoms with Crippen molar-refractivity contribution in [2.75, 3.05) is 0 Å². The van der Waals surface area contributed by atoms with Crippen LogP contribution in [-0.2, 0) is 5.88 Å². The molecule has 3 nitrogen and oxygen atoms in total. The number of hydrogen-bond donors (Lipinski definition) is 0. The fraction of sp³-hybridized carbons (Fsp3) is 0.571. The lowest BCUT2D eigenvalue weighted by Gasteiger charge is -2.20. The molecule has 2 aliphatic rings. The largest absolute Gasteiger partial charge is 0.323 e. The maximum atomic E-state index is 6.09. The third kappa shape index (κ3) is 1.64. The smallest absolute Gasteiger partial charge is 0.125 e. The van der Waals surface area contributed by atoms with E-state index in [-0.39, 0.29) is 0 Å². The number of nitrogens with zero attached hydrogens (tertiary/aromatic N) is 3. The summed E-state index contributed by atoms with van der Waals surface area (Å²) in [7, 11) is 0. The van der Waals surface area contributed by atoms with Gasteiger partial charge in [-0.1, -0.05) is 0 Å². The van der Waals surface area contributed by atoms with Gasteiger partial charge in [0.15, 0.2) is 0 Å². The van der Waals surface area contributed by atoms with Crippen molar-refractivity contribution in [2.24, 2.45) is 11.8 Å². The van der Waals surface area contributed by atoms with E-state index in [1.165, 1.54) is 31.2 Å². The highest BCUT2D eigenvalue weighted by Gasteiger charge is 2.43. The Morgan fingerprint density at radius 2 is 2.00 bits per heavy atom. The van der Waals surface area contributed by atoms with Gasteiger partial charge in [-0.05, 0) is 43.6 Å². The number of fused-ring (bicyclic) bond motifs is 1. The van der Waals surface area contributed by atoms with Gasteiger partial charge in [0, 0.05) is 12.2 Å². The molecule has 0 bridgehead atoms. The summed E-state index contributed by atoms with van der Waals surface area (Å²) >= 11 is 6.09. The van der Waals surface area contributed by atoms with Gasteiger partial charge in [0.05, 0.1) is 17.6 Å². The van der Waals surface area contributed by atoms with Crippen LogP contribution in [-0.4, -0.2) is 14.5 Å². The first-order chi connectivity index (χ1) is 8.88. The van der Waals surface area contributed by atoms with Crippen LogP contribution < -0.4 is 0 Å². The molecule has 0 unspecified atom stereocenters. The number of rotatable bonds is 4. The summed E-state index contributed by atoms with van der Waals surface area (Å²) in [6, 6.07) is 2.71. The summed E-state index contributed by atoms with van der Waals surface area (Å²) in [6.07, 6.45) is 9.18. The normalized spacial score (nSPS) is 19.9. The van der Waals surface area contributed by atoms with Crippen molar-refractivity contribution in [2.45, 2.75) is 37.6 Å². The summed E-state index contributed by atoms with van der Waals surface area (Å²) < 4.78 is 2.42. The molecule has 0 atom stereocenters. The lowest BCUT2D eigenvalue weighted by Crippen LogP contribution is -2.15. The zero-order valence-corrected chi connectivity index (χ0v) is 11.0. The van der Waals surface area contributed by atoms with Crippen LogP contribution in [0.15, 0.2) is 18.5 Å². The summed E-state index contributed by atoms with van der Waals surface area (Å²) in [5, 5.41) is 0. The van der Waals surface area contributed by atoms with E-state index in [0.717, 1.165) is 23.2 Å². The van der Waals surface area contributed by atoms with Crippen LogP contribution in [0.1, 0.15) is 37.5 Å². The molecule has 0 spiro atoms. The SMILES string of the molecule is ClCc1nc2cnccc2n1C(C1CC1)C1CC1. The van der Waals surface area contributed by atoms with E-state index in [2.05, 4.69) is 20.6 Å². The quantitative estimate of drug-likeness (QED) is 0.789. The topological polar surface area (TPSA) is 30.7 Å². The van der Waals surface area contributed by atoms with E-state index < -0.39 is 0 Å². The highest BCUT2D eigenvalue weighted by Crippen LogP contribution is 2.53. The Morgan fingerprint density at radius 3 is 2.61 bits per heavy atom. The van der Waals surface area contributed by atoms with Crippen molar-refractivity contribution >= 4 is 22.6 Å². The van der Waals surface area contributed by atoms with Gasteiger partial charge in [0.25, 0.3) is 0 Å². The molecule has 4 rings (SSSR count). The van der Waals surface area contributed by atoms with E-state index in [4.69, 9.17) is 11.6 Å². The van der Waals surface area contributed by atoms with Gasteiger partial charge in [-0.15, -0.1) is 11.6 Å². The zero-order valence-electron chi connectivity index (χ0n) is 10.2. The molecular weight excluding hydrogens is 246 g/mol. The third-order valence-electron chi connectivity index (χ3n) is 4.19. The molecule has 0 aliphatic heterocycles. The van der Waals surface area contributed by atoms with E-state index in [0.29, 0.717) is 11.9 Å². The van der Waals surface area contributed by atoms with Crippen LogP contribution >= 0.6 is 11.6 Å². The Labute approximate surface area is 111 Å². The lowest BCUT2D eigenvalue weighted by atomic mass is 10.1. The molecule has 2 saturated carbocycles. The van der Waals surface area contributed by atoms with Crippen molar-refractivity contribution in [1.29, 1.82) is 0 Å². The Bertz CT molecular complexity index is 572. The van der Waals surface area contributed by atoms with Gasteiger partial charge in [-0.2, -0.15) is 0 Å². The van der Waals surface area contributed by atoms with Crippen molar-refractivity contribution in [1.82, 2.24) is 14.5 Å². The predicted molar refractivity (Wildman–Crippen MR) is 71.6 cm³/mol. The molecule has 0 radical (unpaired) electrons. The number of imidazole rings is 1. The molecular formula is C14H16ClN3. The van der Waals surface area contributed by atoms with E-state index >= 15 is 0 Å². The molecule has 2 aromatic heterocycles. The summed E-state index contributed by atoms with van der Waals surface area (Å²) in [5.74, 6) is 3.21. The molecule has 18 heavy (non-hydrogen) atoms. The first kappa shape index (κ1) is 10.8. The van der Waals surface area contributed by atoms with Gasteiger partial charge in [0.1, 0.15) is 11.3 Å². The average molecular weight is 262 g/mol. The maximum absolute atomic E-state index is 6.09. The Hall–Kier alpha value is -1.09. The fourth-order valence-electron chi connectivity index (χ4n) is 3.11. The molecule has 2 fully saturated rings. The van der Waals surface area contributed by atoms with Crippen LogP contribution in [0.4, 0.5) is 0 Å². The van der Waals surface area contributed by atoms with E-state index in [9.17, 15) is 0 Å². The second-order valence-corrected chi connectivity index (χ2v) is 5.83. The lowest BCUT2D eigenvalue weighted by molar-refractivity contribution is 0.396. The van der Waals surface area contributed by atoms with Gasteiger partial charge in [0.2, 0.25) is 0 Å². The van der Waals surface area contributed by atoms with Crippen LogP contribution in [0.2, 0.25) is 0 Å². The van der Waals surface area contributed by atoms with Crippen LogP contribution in [0, 0.1) is 11.8 Å². The average Bonchev–Trinajstić information content (AvgIpc) is 3.28. The Kier molecular flexibility index (Phi) is 2.37. The molecule has 2 aliphatic carbocycles. The minimum absolute atomic E-state index is 0.491. The molecule has 2 heterocycles. The molecule has 0 N–H and O–H groups in total. The first-order valence-corrected chi connectivity index (χ1v) is 7.28. The number of halogens is 1. The molecule has 0 aromatic carbocycles. The van der Waals surface area contributed by atoms with Gasteiger partial charge < -0.3 is 4.57 Å². The Morgan fingerprint density at radius 1 is 1.28 bits per heavy atom.